The van der Waals surface area contributed by atoms with Gasteiger partial charge < -0.3 is 5.32 Å². The number of thiophene rings is 1. The van der Waals surface area contributed by atoms with Crippen molar-refractivity contribution in [1.29, 1.82) is 0 Å². The molecule has 1 aromatic heterocycles. The predicted octanol–water partition coefficient (Wildman–Crippen LogP) is 5.89. The number of halogens is 2. The van der Waals surface area contributed by atoms with Gasteiger partial charge in [-0.2, -0.15) is 0 Å². The number of nitrogens with one attached hydrogen (secondary N) is 1. The molecule has 0 aromatic carbocycles. The third kappa shape index (κ3) is 5.20. The van der Waals surface area contributed by atoms with Crippen molar-refractivity contribution in [2.24, 2.45) is 11.3 Å². The SMILES string of the molecule is CNC(CC(C)CC(C)(C)C)c1cc(Br)c(Cl)s1. The first-order chi connectivity index (χ1) is 8.23. The second-order valence-electron chi connectivity index (χ2n) is 6.22. The fourth-order valence-electron chi connectivity index (χ4n) is 2.44. The average molecular weight is 353 g/mol. The topological polar surface area (TPSA) is 12.0 Å². The Bertz CT molecular complexity index is 364. The molecule has 0 aliphatic heterocycles. The van der Waals surface area contributed by atoms with E-state index in [1.54, 1.807) is 11.3 Å². The fourth-order valence-corrected chi connectivity index (χ4v) is 4.30. The minimum absolute atomic E-state index is 0.394. The monoisotopic (exact) mass is 351 g/mol. The van der Waals surface area contributed by atoms with E-state index < -0.39 is 0 Å². The number of hydrogen-bond acceptors (Lipinski definition) is 2. The quantitative estimate of drug-likeness (QED) is 0.697. The molecule has 0 aliphatic carbocycles. The molecule has 4 heteroatoms. The normalized spacial score (nSPS) is 15.7. The molecule has 0 fully saturated rings. The molecule has 1 aromatic rings. The van der Waals surface area contributed by atoms with E-state index in [0.29, 0.717) is 17.4 Å². The Morgan fingerprint density at radius 2 is 2.06 bits per heavy atom. The van der Waals surface area contributed by atoms with Crippen LogP contribution in [0.15, 0.2) is 10.5 Å². The highest BCUT2D eigenvalue weighted by Crippen LogP contribution is 2.38. The van der Waals surface area contributed by atoms with E-state index in [0.717, 1.165) is 15.2 Å². The van der Waals surface area contributed by atoms with Crippen molar-refractivity contribution in [2.45, 2.75) is 46.6 Å². The van der Waals surface area contributed by atoms with Gasteiger partial charge >= 0.3 is 0 Å². The first kappa shape index (κ1) is 16.5. The third-order valence-electron chi connectivity index (χ3n) is 2.96. The van der Waals surface area contributed by atoms with E-state index in [1.165, 1.54) is 11.3 Å². The number of rotatable bonds is 5. The van der Waals surface area contributed by atoms with Gasteiger partial charge in [0.25, 0.3) is 0 Å². The fraction of sp³-hybridized carbons (Fsp3) is 0.714. The average Bonchev–Trinajstić information content (AvgIpc) is 2.53. The van der Waals surface area contributed by atoms with Crippen LogP contribution in [0.2, 0.25) is 4.34 Å². The molecule has 0 amide bonds. The molecule has 1 nitrogen and oxygen atoms in total. The standard InChI is InChI=1S/C14H23BrClNS/c1-9(8-14(2,3)4)6-11(17-5)12-7-10(15)13(16)18-12/h7,9,11,17H,6,8H2,1-5H3. The lowest BCUT2D eigenvalue weighted by molar-refractivity contribution is 0.280. The zero-order valence-corrected chi connectivity index (χ0v) is 15.0. The zero-order valence-electron chi connectivity index (χ0n) is 11.8. The Morgan fingerprint density at radius 3 is 2.44 bits per heavy atom. The van der Waals surface area contributed by atoms with Gasteiger partial charge in [-0.05, 0) is 53.2 Å². The summed E-state index contributed by atoms with van der Waals surface area (Å²) < 4.78 is 1.85. The van der Waals surface area contributed by atoms with Gasteiger partial charge in [-0.15, -0.1) is 11.3 Å². The summed E-state index contributed by atoms with van der Waals surface area (Å²) in [6, 6.07) is 2.54. The van der Waals surface area contributed by atoms with Crippen molar-refractivity contribution < 1.29 is 0 Å². The molecule has 1 N–H and O–H groups in total. The van der Waals surface area contributed by atoms with Gasteiger partial charge in [0.1, 0.15) is 4.34 Å². The molecular weight excluding hydrogens is 330 g/mol. The smallest absolute Gasteiger partial charge is 0.107 e. The molecule has 0 radical (unpaired) electrons. The molecule has 0 saturated carbocycles. The Kier molecular flexibility index (Phi) is 6.17. The van der Waals surface area contributed by atoms with Crippen LogP contribution in [0.25, 0.3) is 0 Å². The summed E-state index contributed by atoms with van der Waals surface area (Å²) in [5, 5.41) is 3.41. The summed E-state index contributed by atoms with van der Waals surface area (Å²) in [4.78, 5) is 1.31. The second-order valence-corrected chi connectivity index (χ2v) is 8.76. The van der Waals surface area contributed by atoms with Crippen molar-refractivity contribution in [3.63, 3.8) is 0 Å². The Labute approximate surface area is 128 Å². The Balaban J connectivity index is 2.67. The highest BCUT2D eigenvalue weighted by molar-refractivity contribution is 9.10. The maximum Gasteiger partial charge on any atom is 0.107 e. The maximum atomic E-state index is 6.12. The van der Waals surface area contributed by atoms with Crippen LogP contribution in [-0.2, 0) is 0 Å². The van der Waals surface area contributed by atoms with E-state index in [4.69, 9.17) is 11.6 Å². The molecule has 0 spiro atoms. The molecule has 0 saturated heterocycles. The summed E-state index contributed by atoms with van der Waals surface area (Å²) >= 11 is 11.3. The van der Waals surface area contributed by atoms with Gasteiger partial charge in [0, 0.05) is 15.4 Å². The molecule has 0 bridgehead atoms. The predicted molar refractivity (Wildman–Crippen MR) is 86.7 cm³/mol. The van der Waals surface area contributed by atoms with Crippen molar-refractivity contribution in [3.05, 3.63) is 19.8 Å². The van der Waals surface area contributed by atoms with Gasteiger partial charge in [0.05, 0.1) is 0 Å². The van der Waals surface area contributed by atoms with Crippen LogP contribution in [0.1, 0.15) is 51.5 Å². The maximum absolute atomic E-state index is 6.12. The summed E-state index contributed by atoms with van der Waals surface area (Å²) in [5.41, 5.74) is 0.394. The van der Waals surface area contributed by atoms with Crippen molar-refractivity contribution in [1.82, 2.24) is 5.32 Å². The summed E-state index contributed by atoms with van der Waals surface area (Å²) in [7, 11) is 2.02. The lowest BCUT2D eigenvalue weighted by atomic mass is 9.83. The summed E-state index contributed by atoms with van der Waals surface area (Å²) in [6.07, 6.45) is 2.39. The van der Waals surface area contributed by atoms with E-state index >= 15 is 0 Å². The number of hydrogen-bond donors (Lipinski definition) is 1. The first-order valence-electron chi connectivity index (χ1n) is 6.35. The summed E-state index contributed by atoms with van der Waals surface area (Å²) in [5.74, 6) is 0.696. The largest absolute Gasteiger partial charge is 0.312 e. The van der Waals surface area contributed by atoms with E-state index in [-0.39, 0.29) is 0 Å². The molecule has 1 heterocycles. The summed E-state index contributed by atoms with van der Waals surface area (Å²) in [6.45, 7) is 9.24. The van der Waals surface area contributed by atoms with Crippen LogP contribution in [0, 0.1) is 11.3 Å². The Morgan fingerprint density at radius 1 is 1.44 bits per heavy atom. The molecule has 0 aliphatic rings. The minimum atomic E-state index is 0.394. The highest BCUT2D eigenvalue weighted by Gasteiger charge is 2.21. The Hall–Kier alpha value is 0.430. The van der Waals surface area contributed by atoms with Crippen molar-refractivity contribution >= 4 is 38.9 Å². The minimum Gasteiger partial charge on any atom is -0.312 e. The molecule has 18 heavy (non-hydrogen) atoms. The first-order valence-corrected chi connectivity index (χ1v) is 8.33. The van der Waals surface area contributed by atoms with Crippen LogP contribution < -0.4 is 5.32 Å². The van der Waals surface area contributed by atoms with Gasteiger partial charge in [0.15, 0.2) is 0 Å². The molecule has 2 atom stereocenters. The lowest BCUT2D eigenvalue weighted by Crippen LogP contribution is -2.20. The molecule has 2 unspecified atom stereocenters. The van der Waals surface area contributed by atoms with Gasteiger partial charge in [-0.1, -0.05) is 39.3 Å². The molecular formula is C14H23BrClNS. The van der Waals surface area contributed by atoms with E-state index in [1.807, 2.05) is 7.05 Å². The van der Waals surface area contributed by atoms with Gasteiger partial charge in [-0.3, -0.25) is 0 Å². The van der Waals surface area contributed by atoms with E-state index in [2.05, 4.69) is 55.0 Å². The zero-order chi connectivity index (χ0) is 13.9. The van der Waals surface area contributed by atoms with Crippen LogP contribution in [0.4, 0.5) is 0 Å². The molecule has 1 rings (SSSR count). The van der Waals surface area contributed by atoms with Crippen LogP contribution in [0.3, 0.4) is 0 Å². The van der Waals surface area contributed by atoms with Crippen molar-refractivity contribution in [2.75, 3.05) is 7.05 Å². The second kappa shape index (κ2) is 6.74. The van der Waals surface area contributed by atoms with E-state index in [9.17, 15) is 0 Å². The van der Waals surface area contributed by atoms with Crippen LogP contribution in [-0.4, -0.2) is 7.05 Å². The lowest BCUT2D eigenvalue weighted by Gasteiger charge is -2.26. The third-order valence-corrected chi connectivity index (χ3v) is 5.54. The van der Waals surface area contributed by atoms with Gasteiger partial charge in [-0.25, -0.2) is 0 Å². The van der Waals surface area contributed by atoms with Crippen molar-refractivity contribution in [3.8, 4) is 0 Å². The molecule has 104 valence electrons. The van der Waals surface area contributed by atoms with Gasteiger partial charge in [0.2, 0.25) is 0 Å². The van der Waals surface area contributed by atoms with Crippen LogP contribution in [0.5, 0.6) is 0 Å². The highest BCUT2D eigenvalue weighted by atomic mass is 79.9. The van der Waals surface area contributed by atoms with Crippen LogP contribution >= 0.6 is 38.9 Å².